The number of rotatable bonds is 5. The minimum absolute atomic E-state index is 0.101. The van der Waals surface area contributed by atoms with Gasteiger partial charge in [-0.2, -0.15) is 0 Å². The smallest absolute Gasteiger partial charge is 0.232 e. The van der Waals surface area contributed by atoms with E-state index in [-0.39, 0.29) is 17.8 Å². The van der Waals surface area contributed by atoms with Crippen LogP contribution in [0.5, 0.6) is 11.5 Å². The Morgan fingerprint density at radius 1 is 1.00 bits per heavy atom. The molecule has 4 rings (SSSR count). The number of halogens is 1. The van der Waals surface area contributed by atoms with E-state index < -0.39 is 5.92 Å². The van der Waals surface area contributed by atoms with Crippen molar-refractivity contribution in [3.05, 3.63) is 95.3 Å². The van der Waals surface area contributed by atoms with Crippen LogP contribution in [0.3, 0.4) is 0 Å². The normalized spacial score (nSPS) is 13.9. The van der Waals surface area contributed by atoms with Crippen LogP contribution in [-0.2, 0) is 4.79 Å². The average molecular weight is 390 g/mol. The molecule has 0 bridgehead atoms. The molecule has 1 atom stereocenters. The van der Waals surface area contributed by atoms with Gasteiger partial charge in [0.25, 0.3) is 0 Å². The number of nitrogens with zero attached hydrogens (tertiary/aromatic N) is 1. The molecular formula is C24H23FN2O2. The lowest BCUT2D eigenvalue weighted by atomic mass is 9.87. The van der Waals surface area contributed by atoms with Crippen LogP contribution in [0.4, 0.5) is 4.39 Å². The molecule has 0 saturated carbocycles. The minimum atomic E-state index is -0.452. The maximum Gasteiger partial charge on any atom is 0.232 e. The van der Waals surface area contributed by atoms with E-state index in [1.54, 1.807) is 6.07 Å². The second-order valence-corrected chi connectivity index (χ2v) is 7.39. The Kier molecular flexibility index (Phi) is 5.32. The van der Waals surface area contributed by atoms with Crippen molar-refractivity contribution < 1.29 is 13.9 Å². The molecule has 1 aliphatic heterocycles. The SMILES string of the molecule is CN(C)[C@H](CNC(=O)C1c2ccccc2Oc2ccccc21)c1cccc(F)c1. The maximum absolute atomic E-state index is 13.7. The molecule has 0 fully saturated rings. The molecule has 0 unspecified atom stereocenters. The molecule has 3 aromatic carbocycles. The summed E-state index contributed by atoms with van der Waals surface area (Å²) in [7, 11) is 3.83. The Labute approximate surface area is 169 Å². The van der Waals surface area contributed by atoms with Gasteiger partial charge < -0.3 is 15.0 Å². The lowest BCUT2D eigenvalue weighted by Gasteiger charge is -2.29. The molecule has 0 spiro atoms. The Bertz CT molecular complexity index is 989. The topological polar surface area (TPSA) is 41.6 Å². The zero-order valence-corrected chi connectivity index (χ0v) is 16.4. The molecule has 1 amide bonds. The van der Waals surface area contributed by atoms with Crippen LogP contribution in [0.25, 0.3) is 0 Å². The lowest BCUT2D eigenvalue weighted by Crippen LogP contribution is -2.38. The number of fused-ring (bicyclic) bond motifs is 2. The molecule has 1 heterocycles. The van der Waals surface area contributed by atoms with E-state index in [0.717, 1.165) is 16.7 Å². The fourth-order valence-electron chi connectivity index (χ4n) is 3.80. The molecule has 29 heavy (non-hydrogen) atoms. The van der Waals surface area contributed by atoms with Crippen molar-refractivity contribution in [1.29, 1.82) is 0 Å². The van der Waals surface area contributed by atoms with Crippen LogP contribution >= 0.6 is 0 Å². The number of hydrogen-bond acceptors (Lipinski definition) is 3. The molecule has 0 aromatic heterocycles. The lowest BCUT2D eigenvalue weighted by molar-refractivity contribution is -0.122. The van der Waals surface area contributed by atoms with Gasteiger partial charge in [-0.25, -0.2) is 4.39 Å². The first-order valence-corrected chi connectivity index (χ1v) is 9.60. The molecule has 4 nitrogen and oxygen atoms in total. The predicted octanol–water partition coefficient (Wildman–Crippen LogP) is 4.48. The van der Waals surface area contributed by atoms with Crippen LogP contribution in [0.15, 0.2) is 72.8 Å². The molecule has 5 heteroatoms. The van der Waals surface area contributed by atoms with Crippen LogP contribution in [0, 0.1) is 5.82 Å². The minimum Gasteiger partial charge on any atom is -0.457 e. The van der Waals surface area contributed by atoms with E-state index in [4.69, 9.17) is 4.74 Å². The number of carbonyl (C=O) groups excluding carboxylic acids is 1. The number of benzene rings is 3. The third-order valence-corrected chi connectivity index (χ3v) is 5.27. The van der Waals surface area contributed by atoms with E-state index in [1.807, 2.05) is 73.6 Å². The molecule has 1 N–H and O–H groups in total. The van der Waals surface area contributed by atoms with Crippen molar-refractivity contribution in [3.8, 4) is 11.5 Å². The van der Waals surface area contributed by atoms with Gasteiger partial charge in [0.1, 0.15) is 17.3 Å². The molecule has 1 aliphatic rings. The Hall–Kier alpha value is -3.18. The highest BCUT2D eigenvalue weighted by Crippen LogP contribution is 2.43. The number of para-hydroxylation sites is 2. The Morgan fingerprint density at radius 3 is 2.21 bits per heavy atom. The number of amides is 1. The zero-order chi connectivity index (χ0) is 20.4. The molecule has 148 valence electrons. The summed E-state index contributed by atoms with van der Waals surface area (Å²) in [4.78, 5) is 15.3. The van der Waals surface area contributed by atoms with Crippen molar-refractivity contribution in [3.63, 3.8) is 0 Å². The van der Waals surface area contributed by atoms with Gasteiger partial charge in [-0.15, -0.1) is 0 Å². The summed E-state index contributed by atoms with van der Waals surface area (Å²) in [5.41, 5.74) is 2.51. The summed E-state index contributed by atoms with van der Waals surface area (Å²) in [6, 6.07) is 21.6. The number of hydrogen-bond donors (Lipinski definition) is 1. The third-order valence-electron chi connectivity index (χ3n) is 5.27. The monoisotopic (exact) mass is 390 g/mol. The van der Waals surface area contributed by atoms with Crippen molar-refractivity contribution in [1.82, 2.24) is 10.2 Å². The number of carbonyl (C=O) groups is 1. The van der Waals surface area contributed by atoms with Gasteiger partial charge in [0.15, 0.2) is 0 Å². The molecule has 0 saturated heterocycles. The Balaban J connectivity index is 1.60. The van der Waals surface area contributed by atoms with Gasteiger partial charge in [-0.05, 0) is 43.9 Å². The zero-order valence-electron chi connectivity index (χ0n) is 16.4. The predicted molar refractivity (Wildman–Crippen MR) is 111 cm³/mol. The summed E-state index contributed by atoms with van der Waals surface area (Å²) in [6.07, 6.45) is 0. The fraction of sp³-hybridized carbons (Fsp3) is 0.208. The first kappa shape index (κ1) is 19.2. The highest BCUT2D eigenvalue weighted by Gasteiger charge is 2.32. The van der Waals surface area contributed by atoms with Gasteiger partial charge in [0.2, 0.25) is 5.91 Å². The van der Waals surface area contributed by atoms with Crippen molar-refractivity contribution in [2.75, 3.05) is 20.6 Å². The molecule has 0 radical (unpaired) electrons. The first-order chi connectivity index (χ1) is 14.0. The molecule has 0 aliphatic carbocycles. The van der Waals surface area contributed by atoms with Gasteiger partial charge in [0, 0.05) is 17.7 Å². The second kappa shape index (κ2) is 8.05. The average Bonchev–Trinajstić information content (AvgIpc) is 2.71. The quantitative estimate of drug-likeness (QED) is 0.698. The highest BCUT2D eigenvalue weighted by atomic mass is 19.1. The van der Waals surface area contributed by atoms with Crippen molar-refractivity contribution in [2.45, 2.75) is 12.0 Å². The fourth-order valence-corrected chi connectivity index (χ4v) is 3.80. The van der Waals surface area contributed by atoms with Crippen LogP contribution in [-0.4, -0.2) is 31.4 Å². The van der Waals surface area contributed by atoms with E-state index in [9.17, 15) is 9.18 Å². The van der Waals surface area contributed by atoms with Crippen LogP contribution in [0.2, 0.25) is 0 Å². The van der Waals surface area contributed by atoms with Gasteiger partial charge in [-0.3, -0.25) is 4.79 Å². The van der Waals surface area contributed by atoms with E-state index in [2.05, 4.69) is 5.32 Å². The number of ether oxygens (including phenoxy) is 1. The van der Waals surface area contributed by atoms with Crippen molar-refractivity contribution >= 4 is 5.91 Å². The summed E-state index contributed by atoms with van der Waals surface area (Å²) in [5, 5.41) is 3.07. The van der Waals surface area contributed by atoms with Gasteiger partial charge in [-0.1, -0.05) is 48.5 Å². The summed E-state index contributed by atoms with van der Waals surface area (Å²) < 4.78 is 19.7. The summed E-state index contributed by atoms with van der Waals surface area (Å²) >= 11 is 0. The second-order valence-electron chi connectivity index (χ2n) is 7.39. The van der Waals surface area contributed by atoms with Gasteiger partial charge in [0.05, 0.1) is 12.0 Å². The maximum atomic E-state index is 13.7. The highest BCUT2D eigenvalue weighted by molar-refractivity contribution is 5.89. The number of nitrogens with one attached hydrogen (secondary N) is 1. The van der Waals surface area contributed by atoms with E-state index in [1.165, 1.54) is 12.1 Å². The van der Waals surface area contributed by atoms with Gasteiger partial charge >= 0.3 is 0 Å². The van der Waals surface area contributed by atoms with Crippen molar-refractivity contribution in [2.24, 2.45) is 0 Å². The standard InChI is InChI=1S/C24H23FN2O2/c1-27(2)20(16-8-7-9-17(25)14-16)15-26-24(28)23-18-10-3-5-12-21(18)29-22-13-6-4-11-19(22)23/h3-14,20,23H,15H2,1-2H3,(H,26,28)/t20-/m1/s1. The van der Waals surface area contributed by atoms with Crippen LogP contribution in [0.1, 0.15) is 28.7 Å². The number of likely N-dealkylation sites (N-methyl/N-ethyl adjacent to an activating group) is 1. The molecular weight excluding hydrogens is 367 g/mol. The van der Waals surface area contributed by atoms with E-state index >= 15 is 0 Å². The first-order valence-electron chi connectivity index (χ1n) is 9.60. The van der Waals surface area contributed by atoms with E-state index in [0.29, 0.717) is 18.0 Å². The van der Waals surface area contributed by atoms with Crippen LogP contribution < -0.4 is 10.1 Å². The Morgan fingerprint density at radius 2 is 1.62 bits per heavy atom. The summed E-state index contributed by atoms with van der Waals surface area (Å²) in [6.45, 7) is 0.372. The summed E-state index contributed by atoms with van der Waals surface area (Å²) in [5.74, 6) is 0.553. The largest absolute Gasteiger partial charge is 0.457 e. The third kappa shape index (κ3) is 3.87. The molecule has 3 aromatic rings.